The van der Waals surface area contributed by atoms with Crippen LogP contribution in [0.25, 0.3) is 0 Å². The molecular weight excluding hydrogens is 412 g/mol. The van der Waals surface area contributed by atoms with Gasteiger partial charge >= 0.3 is 0 Å². The van der Waals surface area contributed by atoms with Crippen LogP contribution in [-0.2, 0) is 32.2 Å². The average molecular weight is 443 g/mol. The lowest BCUT2D eigenvalue weighted by atomic mass is 9.92. The summed E-state index contributed by atoms with van der Waals surface area (Å²) >= 11 is 0. The first kappa shape index (κ1) is 21.5. The molecule has 9 nitrogen and oxygen atoms in total. The van der Waals surface area contributed by atoms with E-state index in [0.29, 0.717) is 44.8 Å². The summed E-state index contributed by atoms with van der Waals surface area (Å²) in [5, 5.41) is 9.15. The van der Waals surface area contributed by atoms with Gasteiger partial charge in [-0.05, 0) is 49.5 Å². The molecule has 0 saturated carbocycles. The topological polar surface area (TPSA) is 109 Å². The van der Waals surface area contributed by atoms with Gasteiger partial charge in [-0.2, -0.15) is 0 Å². The fourth-order valence-corrected chi connectivity index (χ4v) is 5.13. The van der Waals surface area contributed by atoms with Gasteiger partial charge in [-0.15, -0.1) is 0 Å². The number of ether oxygens (including phenoxy) is 2. The highest BCUT2D eigenvalue weighted by atomic mass is 16.6. The Morgan fingerprint density at radius 1 is 1.19 bits per heavy atom. The van der Waals surface area contributed by atoms with E-state index in [0.717, 1.165) is 37.1 Å². The number of amides is 3. The minimum atomic E-state index is -0.583. The molecule has 1 aromatic rings. The largest absolute Gasteiger partial charge is 0.376 e. The molecule has 32 heavy (non-hydrogen) atoms. The second kappa shape index (κ2) is 8.90. The lowest BCUT2D eigenvalue weighted by Gasteiger charge is -2.43. The highest BCUT2D eigenvalue weighted by molar-refractivity contribution is 6.05. The van der Waals surface area contributed by atoms with E-state index in [4.69, 9.17) is 9.47 Å². The molecule has 3 fully saturated rings. The van der Waals surface area contributed by atoms with Crippen molar-refractivity contribution in [2.45, 2.75) is 56.5 Å². The number of carbonyl (C=O) groups excluding carboxylic acids is 3. The van der Waals surface area contributed by atoms with Gasteiger partial charge in [-0.1, -0.05) is 12.1 Å². The van der Waals surface area contributed by atoms with Crippen LogP contribution in [0.15, 0.2) is 18.2 Å². The molecule has 3 N–H and O–H groups in total. The smallest absolute Gasteiger partial charge is 0.255 e. The number of hydrogen-bond acceptors (Lipinski definition) is 7. The third-order valence-corrected chi connectivity index (χ3v) is 6.89. The Kier molecular flexibility index (Phi) is 5.98. The number of fused-ring (bicyclic) bond motifs is 1. The summed E-state index contributed by atoms with van der Waals surface area (Å²) in [4.78, 5) is 38.2. The van der Waals surface area contributed by atoms with Gasteiger partial charge in [0.2, 0.25) is 11.8 Å². The van der Waals surface area contributed by atoms with Crippen LogP contribution >= 0.6 is 0 Å². The van der Waals surface area contributed by atoms with Crippen molar-refractivity contribution in [3.8, 4) is 0 Å². The molecule has 2 unspecified atom stereocenters. The van der Waals surface area contributed by atoms with E-state index in [2.05, 4.69) is 16.0 Å². The van der Waals surface area contributed by atoms with Gasteiger partial charge in [0, 0.05) is 31.6 Å². The molecule has 4 aliphatic rings. The van der Waals surface area contributed by atoms with Crippen molar-refractivity contribution >= 4 is 17.7 Å². The van der Waals surface area contributed by atoms with Crippen molar-refractivity contribution in [2.75, 3.05) is 32.8 Å². The highest BCUT2D eigenvalue weighted by Gasteiger charge is 2.40. The van der Waals surface area contributed by atoms with E-state index in [1.54, 1.807) is 4.90 Å². The molecule has 0 bridgehead atoms. The van der Waals surface area contributed by atoms with Crippen LogP contribution in [0.5, 0.6) is 0 Å². The molecule has 4 heterocycles. The number of carbonyl (C=O) groups is 3. The molecule has 3 saturated heterocycles. The van der Waals surface area contributed by atoms with Crippen LogP contribution < -0.4 is 16.0 Å². The first-order valence-electron chi connectivity index (χ1n) is 11.5. The third-order valence-electron chi connectivity index (χ3n) is 6.89. The van der Waals surface area contributed by atoms with Crippen LogP contribution in [0, 0.1) is 0 Å². The molecule has 9 heteroatoms. The Hall–Kier alpha value is -2.33. The number of benzene rings is 1. The van der Waals surface area contributed by atoms with Crippen LogP contribution in [0.3, 0.4) is 0 Å². The van der Waals surface area contributed by atoms with Gasteiger partial charge < -0.3 is 25.0 Å². The predicted octanol–water partition coefficient (Wildman–Crippen LogP) is 0.0748. The summed E-state index contributed by atoms with van der Waals surface area (Å²) in [6, 6.07) is 5.29. The maximum absolute atomic E-state index is 13.0. The average Bonchev–Trinajstić information content (AvgIpc) is 3.10. The molecular formula is C23H30N4O5. The summed E-state index contributed by atoms with van der Waals surface area (Å²) in [6.07, 6.45) is 2.59. The summed E-state index contributed by atoms with van der Waals surface area (Å²) in [6.45, 7) is 4.88. The fourth-order valence-electron chi connectivity index (χ4n) is 5.13. The lowest BCUT2D eigenvalue weighted by Crippen LogP contribution is -2.55. The summed E-state index contributed by atoms with van der Waals surface area (Å²) in [5.74, 6) is -0.805. The molecule has 3 amide bonds. The monoisotopic (exact) mass is 442 g/mol. The zero-order valence-electron chi connectivity index (χ0n) is 18.2. The van der Waals surface area contributed by atoms with Crippen LogP contribution in [0.4, 0.5) is 0 Å². The highest BCUT2D eigenvalue weighted by Crippen LogP contribution is 2.30. The summed E-state index contributed by atoms with van der Waals surface area (Å²) < 4.78 is 12.2. The van der Waals surface area contributed by atoms with E-state index in [1.807, 2.05) is 18.2 Å². The molecule has 0 aliphatic carbocycles. The van der Waals surface area contributed by atoms with E-state index < -0.39 is 6.04 Å². The number of nitrogens with one attached hydrogen (secondary N) is 3. The predicted molar refractivity (Wildman–Crippen MR) is 115 cm³/mol. The molecule has 2 atom stereocenters. The van der Waals surface area contributed by atoms with Crippen molar-refractivity contribution in [2.24, 2.45) is 0 Å². The van der Waals surface area contributed by atoms with Gasteiger partial charge in [0.1, 0.15) is 6.04 Å². The molecule has 0 aromatic heterocycles. The molecule has 4 aliphatic heterocycles. The number of imide groups is 1. The lowest BCUT2D eigenvalue weighted by molar-refractivity contribution is -0.206. The van der Waals surface area contributed by atoms with E-state index in [1.165, 1.54) is 0 Å². The van der Waals surface area contributed by atoms with Crippen LogP contribution in [0.1, 0.15) is 47.2 Å². The quantitative estimate of drug-likeness (QED) is 0.554. The normalized spacial score (nSPS) is 27.5. The van der Waals surface area contributed by atoms with Crippen molar-refractivity contribution in [1.29, 1.82) is 0 Å². The Balaban J connectivity index is 1.16. The van der Waals surface area contributed by atoms with Gasteiger partial charge in [-0.25, -0.2) is 0 Å². The van der Waals surface area contributed by atoms with Crippen molar-refractivity contribution in [3.05, 3.63) is 34.9 Å². The molecule has 0 radical (unpaired) electrons. The minimum absolute atomic E-state index is 0.0147. The zero-order chi connectivity index (χ0) is 22.1. The first-order valence-corrected chi connectivity index (χ1v) is 11.5. The van der Waals surface area contributed by atoms with Gasteiger partial charge in [0.25, 0.3) is 5.91 Å². The maximum atomic E-state index is 13.0. The number of hydrogen-bond donors (Lipinski definition) is 3. The second-order valence-electron chi connectivity index (χ2n) is 9.21. The SMILES string of the molecule is O=C1CCC(N2Cc3ccc(CNCC4COCC5(CCNCC5)O4)cc3C2=O)C(=O)N1. The van der Waals surface area contributed by atoms with Gasteiger partial charge in [-0.3, -0.25) is 19.7 Å². The fraction of sp³-hybridized carbons (Fsp3) is 0.609. The first-order chi connectivity index (χ1) is 15.5. The Morgan fingerprint density at radius 2 is 2.03 bits per heavy atom. The Bertz CT molecular complexity index is 908. The van der Waals surface area contributed by atoms with Crippen LogP contribution in [-0.4, -0.2) is 73.2 Å². The Morgan fingerprint density at radius 3 is 2.84 bits per heavy atom. The van der Waals surface area contributed by atoms with E-state index in [-0.39, 0.29) is 35.8 Å². The third kappa shape index (κ3) is 4.30. The van der Waals surface area contributed by atoms with Crippen molar-refractivity contribution in [1.82, 2.24) is 20.9 Å². The molecule has 1 spiro atoms. The summed E-state index contributed by atoms with van der Waals surface area (Å²) in [5.41, 5.74) is 2.41. The molecule has 1 aromatic carbocycles. The van der Waals surface area contributed by atoms with Gasteiger partial charge in [0.05, 0.1) is 24.9 Å². The number of piperidine rings is 2. The standard InChI is InChI=1S/C23H30N4O5/c28-20-4-3-19(21(29)26-20)27-12-16-2-1-15(9-18(16)22(27)30)10-25-11-17-13-31-14-23(32-17)5-7-24-8-6-23/h1-2,9,17,19,24-25H,3-8,10-14H2,(H,26,28,29). The maximum Gasteiger partial charge on any atom is 0.255 e. The molecule has 172 valence electrons. The van der Waals surface area contributed by atoms with Crippen molar-refractivity contribution < 1.29 is 23.9 Å². The summed E-state index contributed by atoms with van der Waals surface area (Å²) in [7, 11) is 0. The minimum Gasteiger partial charge on any atom is -0.376 e. The van der Waals surface area contributed by atoms with E-state index in [9.17, 15) is 14.4 Å². The zero-order valence-corrected chi connectivity index (χ0v) is 18.2. The Labute approximate surface area is 187 Å². The number of nitrogens with zero attached hydrogens (tertiary/aromatic N) is 1. The van der Waals surface area contributed by atoms with Crippen molar-refractivity contribution in [3.63, 3.8) is 0 Å². The second-order valence-corrected chi connectivity index (χ2v) is 9.21. The van der Waals surface area contributed by atoms with Gasteiger partial charge in [0.15, 0.2) is 0 Å². The van der Waals surface area contributed by atoms with E-state index >= 15 is 0 Å². The molecule has 5 rings (SSSR count). The number of rotatable bonds is 5. The van der Waals surface area contributed by atoms with Crippen LogP contribution in [0.2, 0.25) is 0 Å².